The van der Waals surface area contributed by atoms with Crippen LogP contribution in [0, 0.1) is 6.92 Å². The molecular formula is C21H18N4OS. The van der Waals surface area contributed by atoms with Gasteiger partial charge in [0.15, 0.2) is 0 Å². The second-order valence-electron chi connectivity index (χ2n) is 6.19. The molecule has 0 saturated heterocycles. The molecule has 0 aliphatic carbocycles. The molecule has 134 valence electrons. The molecule has 27 heavy (non-hydrogen) atoms. The summed E-state index contributed by atoms with van der Waals surface area (Å²) < 4.78 is 1.90. The van der Waals surface area contributed by atoms with Gasteiger partial charge in [-0.1, -0.05) is 36.4 Å². The third kappa shape index (κ3) is 3.96. The third-order valence-electron chi connectivity index (χ3n) is 4.12. The summed E-state index contributed by atoms with van der Waals surface area (Å²) >= 11 is 1.57. The topological polar surface area (TPSA) is 59.8 Å². The molecular weight excluding hydrogens is 356 g/mol. The second kappa shape index (κ2) is 7.55. The van der Waals surface area contributed by atoms with Crippen LogP contribution in [-0.4, -0.2) is 20.4 Å². The average molecular weight is 374 g/mol. The fourth-order valence-corrected chi connectivity index (χ4v) is 3.63. The van der Waals surface area contributed by atoms with Crippen molar-refractivity contribution in [3.8, 4) is 22.0 Å². The van der Waals surface area contributed by atoms with Crippen molar-refractivity contribution in [2.24, 2.45) is 0 Å². The van der Waals surface area contributed by atoms with Crippen LogP contribution < -0.4 is 5.32 Å². The lowest BCUT2D eigenvalue weighted by molar-refractivity contribution is -0.116. The van der Waals surface area contributed by atoms with Gasteiger partial charge in [0, 0.05) is 23.3 Å². The Balaban J connectivity index is 1.50. The van der Waals surface area contributed by atoms with Gasteiger partial charge in [-0.05, 0) is 30.7 Å². The van der Waals surface area contributed by atoms with Gasteiger partial charge < -0.3 is 9.88 Å². The van der Waals surface area contributed by atoms with Crippen molar-refractivity contribution in [3.05, 3.63) is 77.9 Å². The highest BCUT2D eigenvalue weighted by atomic mass is 32.1. The van der Waals surface area contributed by atoms with Gasteiger partial charge in [0.05, 0.1) is 11.4 Å². The smallest absolute Gasteiger partial charge is 0.245 e. The molecule has 6 heteroatoms. The number of aromatic nitrogens is 3. The molecule has 4 aromatic rings. The molecule has 4 rings (SSSR count). The van der Waals surface area contributed by atoms with Gasteiger partial charge in [-0.2, -0.15) is 0 Å². The lowest BCUT2D eigenvalue weighted by Gasteiger charge is -2.08. The Hall–Kier alpha value is -3.25. The van der Waals surface area contributed by atoms with Crippen molar-refractivity contribution in [2.45, 2.75) is 13.5 Å². The van der Waals surface area contributed by atoms with E-state index in [4.69, 9.17) is 4.98 Å². The number of thiazole rings is 1. The van der Waals surface area contributed by atoms with Crippen LogP contribution in [0.1, 0.15) is 5.56 Å². The van der Waals surface area contributed by atoms with Crippen LogP contribution in [0.4, 0.5) is 5.82 Å². The maximum absolute atomic E-state index is 12.4. The maximum atomic E-state index is 12.4. The summed E-state index contributed by atoms with van der Waals surface area (Å²) in [6.07, 6.45) is 3.62. The number of benzene rings is 1. The zero-order valence-corrected chi connectivity index (χ0v) is 15.6. The normalized spacial score (nSPS) is 10.7. The highest BCUT2D eigenvalue weighted by Gasteiger charge is 2.13. The molecule has 0 fully saturated rings. The number of hydrogen-bond donors (Lipinski definition) is 1. The number of amides is 1. The summed E-state index contributed by atoms with van der Waals surface area (Å²) in [6, 6.07) is 17.7. The zero-order valence-electron chi connectivity index (χ0n) is 14.8. The number of anilines is 1. The van der Waals surface area contributed by atoms with Crippen molar-refractivity contribution in [1.29, 1.82) is 0 Å². The SMILES string of the molecule is Cc1ccc(NC(=O)Cn2cccc2-c2nc(-c3ccccc3)cs2)nc1. The predicted octanol–water partition coefficient (Wildman–Crippen LogP) is 4.62. The molecule has 0 aliphatic rings. The zero-order chi connectivity index (χ0) is 18.6. The Morgan fingerprint density at radius 2 is 1.96 bits per heavy atom. The monoisotopic (exact) mass is 374 g/mol. The molecule has 0 unspecified atom stereocenters. The molecule has 1 amide bonds. The first kappa shape index (κ1) is 17.2. The summed E-state index contributed by atoms with van der Waals surface area (Å²) in [5, 5.41) is 5.76. The minimum atomic E-state index is -0.122. The molecule has 0 atom stereocenters. The molecule has 3 aromatic heterocycles. The number of rotatable bonds is 5. The fraction of sp³-hybridized carbons (Fsp3) is 0.0952. The molecule has 0 spiro atoms. The lowest BCUT2D eigenvalue weighted by atomic mass is 10.2. The first-order valence-corrected chi connectivity index (χ1v) is 9.46. The molecule has 3 heterocycles. The van der Waals surface area contributed by atoms with E-state index in [1.807, 2.05) is 71.6 Å². The first-order valence-electron chi connectivity index (χ1n) is 8.58. The first-order chi connectivity index (χ1) is 13.2. The minimum Gasteiger partial charge on any atom is -0.336 e. The van der Waals surface area contributed by atoms with Crippen molar-refractivity contribution in [3.63, 3.8) is 0 Å². The summed E-state index contributed by atoms with van der Waals surface area (Å²) in [5.41, 5.74) is 4.01. The maximum Gasteiger partial charge on any atom is 0.245 e. The van der Waals surface area contributed by atoms with E-state index < -0.39 is 0 Å². The minimum absolute atomic E-state index is 0.122. The fourth-order valence-electron chi connectivity index (χ4n) is 2.76. The van der Waals surface area contributed by atoms with Crippen molar-refractivity contribution in [2.75, 3.05) is 5.32 Å². The van der Waals surface area contributed by atoms with Crippen molar-refractivity contribution in [1.82, 2.24) is 14.5 Å². The molecule has 0 aliphatic heterocycles. The molecule has 1 aromatic carbocycles. The van der Waals surface area contributed by atoms with Gasteiger partial charge in [0.25, 0.3) is 0 Å². The summed E-state index contributed by atoms with van der Waals surface area (Å²) in [6.45, 7) is 2.17. The van der Waals surface area contributed by atoms with Gasteiger partial charge in [-0.15, -0.1) is 11.3 Å². The van der Waals surface area contributed by atoms with E-state index in [2.05, 4.69) is 10.3 Å². The highest BCUT2D eigenvalue weighted by Crippen LogP contribution is 2.29. The number of pyridine rings is 1. The Labute approximate surface area is 161 Å². The standard InChI is InChI=1S/C21H18N4OS/c1-15-9-10-19(22-12-15)24-20(26)13-25-11-5-8-18(25)21-23-17(14-27-21)16-6-3-2-4-7-16/h2-12,14H,13H2,1H3,(H,22,24,26). The number of hydrogen-bond acceptors (Lipinski definition) is 4. The van der Waals surface area contributed by atoms with Crippen LogP contribution >= 0.6 is 11.3 Å². The molecule has 5 nitrogen and oxygen atoms in total. The van der Waals surface area contributed by atoms with Gasteiger partial charge in [0.1, 0.15) is 17.4 Å². The van der Waals surface area contributed by atoms with Gasteiger partial charge in [-0.3, -0.25) is 4.79 Å². The van der Waals surface area contributed by atoms with E-state index in [-0.39, 0.29) is 12.5 Å². The molecule has 0 saturated carbocycles. The Kier molecular flexibility index (Phi) is 4.80. The van der Waals surface area contributed by atoms with Crippen LogP contribution in [0.25, 0.3) is 22.0 Å². The molecule has 0 bridgehead atoms. The quantitative estimate of drug-likeness (QED) is 0.554. The van der Waals surface area contributed by atoms with E-state index >= 15 is 0 Å². The number of aryl methyl sites for hydroxylation is 1. The van der Waals surface area contributed by atoms with E-state index in [0.717, 1.165) is 27.5 Å². The predicted molar refractivity (Wildman–Crippen MR) is 109 cm³/mol. The highest BCUT2D eigenvalue weighted by molar-refractivity contribution is 7.13. The van der Waals surface area contributed by atoms with Gasteiger partial charge in [-0.25, -0.2) is 9.97 Å². The largest absolute Gasteiger partial charge is 0.336 e. The van der Waals surface area contributed by atoms with E-state index in [9.17, 15) is 4.79 Å². The summed E-state index contributed by atoms with van der Waals surface area (Å²) in [7, 11) is 0. The van der Waals surface area contributed by atoms with Crippen LogP contribution in [0.3, 0.4) is 0 Å². The summed E-state index contributed by atoms with van der Waals surface area (Å²) in [5.74, 6) is 0.434. The van der Waals surface area contributed by atoms with E-state index in [1.165, 1.54) is 0 Å². The Morgan fingerprint density at radius 1 is 1.11 bits per heavy atom. The van der Waals surface area contributed by atoms with Crippen molar-refractivity contribution < 1.29 is 4.79 Å². The van der Waals surface area contributed by atoms with Crippen LogP contribution in [0.2, 0.25) is 0 Å². The number of carbonyl (C=O) groups excluding carboxylic acids is 1. The van der Waals surface area contributed by atoms with Gasteiger partial charge >= 0.3 is 0 Å². The van der Waals surface area contributed by atoms with Crippen LogP contribution in [-0.2, 0) is 11.3 Å². The third-order valence-corrected chi connectivity index (χ3v) is 4.98. The van der Waals surface area contributed by atoms with Crippen LogP contribution in [0.15, 0.2) is 72.4 Å². The molecule has 1 N–H and O–H groups in total. The number of carbonyl (C=O) groups is 1. The Morgan fingerprint density at radius 3 is 2.74 bits per heavy atom. The Bertz CT molecular complexity index is 1050. The average Bonchev–Trinajstić information content (AvgIpc) is 3.33. The van der Waals surface area contributed by atoms with Crippen molar-refractivity contribution >= 4 is 23.1 Å². The van der Waals surface area contributed by atoms with Crippen LogP contribution in [0.5, 0.6) is 0 Å². The number of nitrogens with zero attached hydrogens (tertiary/aromatic N) is 3. The lowest BCUT2D eigenvalue weighted by Crippen LogP contribution is -2.19. The molecule has 0 radical (unpaired) electrons. The van der Waals surface area contributed by atoms with E-state index in [1.54, 1.807) is 23.6 Å². The second-order valence-corrected chi connectivity index (χ2v) is 7.05. The van der Waals surface area contributed by atoms with E-state index in [0.29, 0.717) is 5.82 Å². The summed E-state index contributed by atoms with van der Waals surface area (Å²) in [4.78, 5) is 21.3. The number of nitrogens with one attached hydrogen (secondary N) is 1. The van der Waals surface area contributed by atoms with Gasteiger partial charge in [0.2, 0.25) is 5.91 Å².